The number of hydrogen-bond acceptors (Lipinski definition) is 1. The molecule has 1 aromatic carbocycles. The standard InChI is InChI=1S/C8H9Cl2N.ClH/c1-5-2-7(10)3-6(4-9)8(5)11;/h2-3H,4,11H2,1H3;1H. The highest BCUT2D eigenvalue weighted by Crippen LogP contribution is 2.23. The van der Waals surface area contributed by atoms with Crippen LogP contribution in [0.5, 0.6) is 0 Å². The maximum Gasteiger partial charge on any atom is 0.0495 e. The Kier molecular flexibility index (Phi) is 4.76. The van der Waals surface area contributed by atoms with Gasteiger partial charge >= 0.3 is 0 Å². The van der Waals surface area contributed by atoms with E-state index in [-0.39, 0.29) is 12.4 Å². The fourth-order valence-electron chi connectivity index (χ4n) is 0.934. The predicted octanol–water partition coefficient (Wildman–Crippen LogP) is 3.39. The van der Waals surface area contributed by atoms with Crippen LogP contribution in [0.1, 0.15) is 11.1 Å². The number of halogens is 3. The molecule has 0 aliphatic carbocycles. The molecule has 0 saturated carbocycles. The topological polar surface area (TPSA) is 26.0 Å². The molecule has 0 radical (unpaired) electrons. The van der Waals surface area contributed by atoms with Crippen LogP contribution in [0.25, 0.3) is 0 Å². The number of hydrogen-bond donors (Lipinski definition) is 1. The van der Waals surface area contributed by atoms with Gasteiger partial charge in [0.15, 0.2) is 0 Å². The van der Waals surface area contributed by atoms with E-state index in [1.807, 2.05) is 13.0 Å². The summed E-state index contributed by atoms with van der Waals surface area (Å²) in [5, 5.41) is 0.687. The van der Waals surface area contributed by atoms with Crippen LogP contribution in [0.3, 0.4) is 0 Å². The van der Waals surface area contributed by atoms with Gasteiger partial charge in [0, 0.05) is 16.6 Å². The van der Waals surface area contributed by atoms with Gasteiger partial charge in [0.05, 0.1) is 0 Å². The summed E-state index contributed by atoms with van der Waals surface area (Å²) in [6.07, 6.45) is 0. The first-order chi connectivity index (χ1) is 5.15. The number of anilines is 1. The van der Waals surface area contributed by atoms with E-state index in [9.17, 15) is 0 Å². The molecule has 1 nitrogen and oxygen atoms in total. The van der Waals surface area contributed by atoms with E-state index < -0.39 is 0 Å². The number of nitrogen functional groups attached to an aromatic ring is 1. The van der Waals surface area contributed by atoms with E-state index in [0.717, 1.165) is 16.8 Å². The maximum atomic E-state index is 5.79. The van der Waals surface area contributed by atoms with Crippen molar-refractivity contribution >= 4 is 41.3 Å². The Morgan fingerprint density at radius 1 is 1.42 bits per heavy atom. The molecule has 0 atom stereocenters. The normalized spacial score (nSPS) is 9.25. The second-order valence-electron chi connectivity index (χ2n) is 2.43. The van der Waals surface area contributed by atoms with Gasteiger partial charge in [0.1, 0.15) is 0 Å². The molecule has 1 rings (SSSR count). The molecule has 0 unspecified atom stereocenters. The zero-order chi connectivity index (χ0) is 8.43. The van der Waals surface area contributed by atoms with E-state index >= 15 is 0 Å². The summed E-state index contributed by atoms with van der Waals surface area (Å²) in [6, 6.07) is 3.61. The van der Waals surface area contributed by atoms with Crippen molar-refractivity contribution in [1.29, 1.82) is 0 Å². The second-order valence-corrected chi connectivity index (χ2v) is 3.13. The van der Waals surface area contributed by atoms with Gasteiger partial charge in [-0.15, -0.1) is 24.0 Å². The number of benzene rings is 1. The Labute approximate surface area is 88.3 Å². The van der Waals surface area contributed by atoms with Gasteiger partial charge in [0.2, 0.25) is 0 Å². The van der Waals surface area contributed by atoms with Crippen LogP contribution in [0.4, 0.5) is 5.69 Å². The first-order valence-corrected chi connectivity index (χ1v) is 4.17. The number of aryl methyl sites for hydroxylation is 1. The third-order valence-electron chi connectivity index (χ3n) is 1.58. The molecule has 0 heterocycles. The Hall–Kier alpha value is -0.110. The Balaban J connectivity index is 0.00000121. The largest absolute Gasteiger partial charge is 0.398 e. The zero-order valence-corrected chi connectivity index (χ0v) is 8.93. The van der Waals surface area contributed by atoms with Crippen LogP contribution in [0, 0.1) is 6.92 Å². The van der Waals surface area contributed by atoms with Crippen LogP contribution < -0.4 is 5.73 Å². The SMILES string of the molecule is Cc1cc(Cl)cc(CCl)c1N.Cl. The highest BCUT2D eigenvalue weighted by atomic mass is 35.5. The van der Waals surface area contributed by atoms with Gasteiger partial charge in [-0.2, -0.15) is 0 Å². The van der Waals surface area contributed by atoms with Gasteiger partial charge in [-0.05, 0) is 30.2 Å². The van der Waals surface area contributed by atoms with Crippen molar-refractivity contribution in [2.45, 2.75) is 12.8 Å². The highest BCUT2D eigenvalue weighted by Gasteiger charge is 2.01. The molecule has 68 valence electrons. The molecule has 2 N–H and O–H groups in total. The zero-order valence-electron chi connectivity index (χ0n) is 6.60. The monoisotopic (exact) mass is 225 g/mol. The van der Waals surface area contributed by atoms with E-state index in [0.29, 0.717) is 10.9 Å². The van der Waals surface area contributed by atoms with Crippen molar-refractivity contribution in [3.63, 3.8) is 0 Å². The van der Waals surface area contributed by atoms with Crippen LogP contribution in [-0.4, -0.2) is 0 Å². The summed E-state index contributed by atoms with van der Waals surface area (Å²) in [5.74, 6) is 0.410. The summed E-state index contributed by atoms with van der Waals surface area (Å²) in [6.45, 7) is 1.91. The average molecular weight is 227 g/mol. The maximum absolute atomic E-state index is 5.79. The molecule has 1 aromatic rings. The number of rotatable bonds is 1. The van der Waals surface area contributed by atoms with Crippen molar-refractivity contribution in [2.24, 2.45) is 0 Å². The van der Waals surface area contributed by atoms with E-state index in [2.05, 4.69) is 0 Å². The van der Waals surface area contributed by atoms with E-state index in [1.54, 1.807) is 6.07 Å². The third kappa shape index (κ3) is 2.44. The van der Waals surface area contributed by atoms with Crippen LogP contribution >= 0.6 is 35.6 Å². The van der Waals surface area contributed by atoms with Gasteiger partial charge in [0.25, 0.3) is 0 Å². The minimum absolute atomic E-state index is 0. The summed E-state index contributed by atoms with van der Waals surface area (Å²) in [5.41, 5.74) is 8.34. The molecular formula is C8H10Cl3N. The van der Waals surface area contributed by atoms with Crippen molar-refractivity contribution in [3.05, 3.63) is 28.3 Å². The molecule has 0 saturated heterocycles. The number of nitrogens with two attached hydrogens (primary N) is 1. The first kappa shape index (κ1) is 11.9. The Bertz CT molecular complexity index is 273. The number of alkyl halides is 1. The lowest BCUT2D eigenvalue weighted by molar-refractivity contribution is 1.35. The van der Waals surface area contributed by atoms with Gasteiger partial charge in [-0.25, -0.2) is 0 Å². The lowest BCUT2D eigenvalue weighted by Gasteiger charge is -2.05. The lowest BCUT2D eigenvalue weighted by Crippen LogP contribution is -1.94. The van der Waals surface area contributed by atoms with Crippen molar-refractivity contribution in [2.75, 3.05) is 5.73 Å². The average Bonchev–Trinajstić information content (AvgIpc) is 1.96. The summed E-state index contributed by atoms with van der Waals surface area (Å²) in [4.78, 5) is 0. The highest BCUT2D eigenvalue weighted by molar-refractivity contribution is 6.31. The molecule has 0 fully saturated rings. The molecule has 0 spiro atoms. The third-order valence-corrected chi connectivity index (χ3v) is 2.09. The van der Waals surface area contributed by atoms with Crippen molar-refractivity contribution < 1.29 is 0 Å². The smallest absolute Gasteiger partial charge is 0.0495 e. The van der Waals surface area contributed by atoms with Gasteiger partial charge < -0.3 is 5.73 Å². The first-order valence-electron chi connectivity index (χ1n) is 3.25. The lowest BCUT2D eigenvalue weighted by atomic mass is 10.1. The van der Waals surface area contributed by atoms with Gasteiger partial charge in [-0.3, -0.25) is 0 Å². The molecule has 0 aliphatic rings. The van der Waals surface area contributed by atoms with Crippen LogP contribution in [-0.2, 0) is 5.88 Å². The molecule has 12 heavy (non-hydrogen) atoms. The summed E-state index contributed by atoms with van der Waals surface area (Å²) < 4.78 is 0. The molecule has 0 aliphatic heterocycles. The Morgan fingerprint density at radius 2 is 2.00 bits per heavy atom. The Morgan fingerprint density at radius 3 is 2.50 bits per heavy atom. The molecule has 0 aromatic heterocycles. The van der Waals surface area contributed by atoms with Gasteiger partial charge in [-0.1, -0.05) is 11.6 Å². The van der Waals surface area contributed by atoms with Crippen LogP contribution in [0.15, 0.2) is 12.1 Å². The van der Waals surface area contributed by atoms with Crippen molar-refractivity contribution in [1.82, 2.24) is 0 Å². The van der Waals surface area contributed by atoms with E-state index in [1.165, 1.54) is 0 Å². The summed E-state index contributed by atoms with van der Waals surface area (Å²) >= 11 is 11.4. The van der Waals surface area contributed by atoms with E-state index in [4.69, 9.17) is 28.9 Å². The van der Waals surface area contributed by atoms with Crippen molar-refractivity contribution in [3.8, 4) is 0 Å². The predicted molar refractivity (Wildman–Crippen MR) is 57.4 cm³/mol. The quantitative estimate of drug-likeness (QED) is 0.576. The molecule has 4 heteroatoms. The fourth-order valence-corrected chi connectivity index (χ4v) is 1.45. The summed E-state index contributed by atoms with van der Waals surface area (Å²) in [7, 11) is 0. The molecular weight excluding hydrogens is 216 g/mol. The minimum atomic E-state index is 0. The minimum Gasteiger partial charge on any atom is -0.398 e. The van der Waals surface area contributed by atoms with Crippen LogP contribution in [0.2, 0.25) is 5.02 Å². The molecule has 0 bridgehead atoms. The fraction of sp³-hybridized carbons (Fsp3) is 0.250. The second kappa shape index (κ2) is 4.80. The molecule has 0 amide bonds.